The topological polar surface area (TPSA) is 107 Å². The highest BCUT2D eigenvalue weighted by molar-refractivity contribution is 9.10. The minimum Gasteiger partial charge on any atom is -0.495 e. The number of nitrogen functional groups attached to an aromatic ring is 1. The highest BCUT2D eigenvalue weighted by Crippen LogP contribution is 2.33. The fourth-order valence-electron chi connectivity index (χ4n) is 1.43. The Labute approximate surface area is 128 Å². The molecular weight excluding hydrogens is 368 g/mol. The molecule has 2 aromatic rings. The van der Waals surface area contributed by atoms with Crippen LogP contribution in [0.3, 0.4) is 0 Å². The first-order chi connectivity index (χ1) is 9.33. The number of benzene rings is 1. The maximum Gasteiger partial charge on any atom is 0.267 e. The molecule has 0 amide bonds. The zero-order chi connectivity index (χ0) is 14.9. The SMILES string of the molecule is COc1cc(Br)c(N)cc1S(=O)(=O)Nc1nc(C)ns1. The number of hydrogen-bond acceptors (Lipinski definition) is 7. The van der Waals surface area contributed by atoms with Crippen LogP contribution in [-0.2, 0) is 10.0 Å². The molecule has 1 aromatic carbocycles. The molecule has 0 aliphatic heterocycles. The van der Waals surface area contributed by atoms with Crippen LogP contribution in [0.1, 0.15) is 5.82 Å². The van der Waals surface area contributed by atoms with Gasteiger partial charge < -0.3 is 10.5 Å². The summed E-state index contributed by atoms with van der Waals surface area (Å²) in [5.74, 6) is 0.676. The van der Waals surface area contributed by atoms with Gasteiger partial charge in [0, 0.05) is 21.7 Å². The minimum absolute atomic E-state index is 0.0615. The molecule has 0 bridgehead atoms. The van der Waals surface area contributed by atoms with Crippen molar-refractivity contribution in [3.63, 3.8) is 0 Å². The van der Waals surface area contributed by atoms with Gasteiger partial charge in [-0.1, -0.05) is 0 Å². The number of nitrogens with zero attached hydrogens (tertiary/aromatic N) is 2. The Morgan fingerprint density at radius 1 is 1.45 bits per heavy atom. The predicted octanol–water partition coefficient (Wildman–Crippen LogP) is 2.00. The highest BCUT2D eigenvalue weighted by atomic mass is 79.9. The zero-order valence-electron chi connectivity index (χ0n) is 10.5. The van der Waals surface area contributed by atoms with Gasteiger partial charge in [-0.2, -0.15) is 4.37 Å². The normalized spacial score (nSPS) is 11.3. The lowest BCUT2D eigenvalue weighted by Crippen LogP contribution is -2.14. The van der Waals surface area contributed by atoms with E-state index in [2.05, 4.69) is 30.0 Å². The van der Waals surface area contributed by atoms with Crippen LogP contribution in [0.2, 0.25) is 0 Å². The summed E-state index contributed by atoms with van der Waals surface area (Å²) in [5, 5.41) is 0.186. The smallest absolute Gasteiger partial charge is 0.267 e. The van der Waals surface area contributed by atoms with Crippen molar-refractivity contribution in [2.75, 3.05) is 17.6 Å². The zero-order valence-corrected chi connectivity index (χ0v) is 13.8. The summed E-state index contributed by atoms with van der Waals surface area (Å²) in [5.41, 5.74) is 6.01. The second-order valence-corrected chi connectivity index (χ2v) is 7.03. The van der Waals surface area contributed by atoms with E-state index < -0.39 is 10.0 Å². The number of sulfonamides is 1. The summed E-state index contributed by atoms with van der Waals surface area (Å²) in [7, 11) is -2.47. The van der Waals surface area contributed by atoms with Crippen molar-refractivity contribution in [2.24, 2.45) is 0 Å². The van der Waals surface area contributed by atoms with Gasteiger partial charge in [0.15, 0.2) is 0 Å². The third-order valence-corrected chi connectivity index (χ3v) is 5.22. The third kappa shape index (κ3) is 3.02. The van der Waals surface area contributed by atoms with Crippen LogP contribution in [-0.4, -0.2) is 24.9 Å². The number of aryl methyl sites for hydroxylation is 1. The number of nitrogens with two attached hydrogens (primary N) is 1. The van der Waals surface area contributed by atoms with Crippen LogP contribution in [0, 0.1) is 6.92 Å². The summed E-state index contributed by atoms with van der Waals surface area (Å²) in [6.07, 6.45) is 0. The lowest BCUT2D eigenvalue weighted by Gasteiger charge is -2.11. The van der Waals surface area contributed by atoms with Crippen LogP contribution >= 0.6 is 27.5 Å². The third-order valence-electron chi connectivity index (χ3n) is 2.32. The molecule has 0 spiro atoms. The molecule has 10 heteroatoms. The number of methoxy groups -OCH3 is 1. The van der Waals surface area contributed by atoms with Crippen molar-refractivity contribution in [2.45, 2.75) is 11.8 Å². The van der Waals surface area contributed by atoms with Crippen LogP contribution in [0.25, 0.3) is 0 Å². The minimum atomic E-state index is -3.85. The van der Waals surface area contributed by atoms with Gasteiger partial charge in [-0.25, -0.2) is 13.4 Å². The second kappa shape index (κ2) is 5.54. The van der Waals surface area contributed by atoms with Crippen LogP contribution in [0.5, 0.6) is 5.75 Å². The molecule has 0 atom stereocenters. The molecule has 0 fully saturated rings. The number of halogens is 1. The number of ether oxygens (including phenoxy) is 1. The maximum atomic E-state index is 12.3. The number of nitrogens with one attached hydrogen (secondary N) is 1. The summed E-state index contributed by atoms with van der Waals surface area (Å²) < 4.78 is 36.5. The molecule has 0 saturated heterocycles. The molecule has 20 heavy (non-hydrogen) atoms. The lowest BCUT2D eigenvalue weighted by molar-refractivity contribution is 0.402. The largest absolute Gasteiger partial charge is 0.495 e. The van der Waals surface area contributed by atoms with Crippen molar-refractivity contribution < 1.29 is 13.2 Å². The molecule has 0 unspecified atom stereocenters. The Morgan fingerprint density at radius 2 is 2.15 bits per heavy atom. The van der Waals surface area contributed by atoms with Crippen LogP contribution in [0.15, 0.2) is 21.5 Å². The Kier molecular flexibility index (Phi) is 4.16. The Hall–Kier alpha value is -1.39. The van der Waals surface area contributed by atoms with E-state index in [-0.39, 0.29) is 15.8 Å². The Balaban J connectivity index is 2.46. The molecule has 0 radical (unpaired) electrons. The van der Waals surface area contributed by atoms with Gasteiger partial charge in [0.25, 0.3) is 10.0 Å². The first-order valence-electron chi connectivity index (χ1n) is 5.29. The summed E-state index contributed by atoms with van der Waals surface area (Å²) in [6.45, 7) is 1.67. The highest BCUT2D eigenvalue weighted by Gasteiger charge is 2.22. The molecule has 0 saturated carbocycles. The van der Waals surface area contributed by atoms with Crippen molar-refractivity contribution in [3.05, 3.63) is 22.4 Å². The fourth-order valence-corrected chi connectivity index (χ4v) is 3.74. The summed E-state index contributed by atoms with van der Waals surface area (Å²) in [4.78, 5) is 3.89. The molecule has 0 aliphatic carbocycles. The average Bonchev–Trinajstić information content (AvgIpc) is 2.76. The van der Waals surface area contributed by atoms with Crippen molar-refractivity contribution in [3.8, 4) is 5.75 Å². The van der Waals surface area contributed by atoms with E-state index in [1.807, 2.05) is 0 Å². The van der Waals surface area contributed by atoms with E-state index >= 15 is 0 Å². The number of hydrogen-bond donors (Lipinski definition) is 2. The van der Waals surface area contributed by atoms with Crippen molar-refractivity contribution in [1.82, 2.24) is 9.36 Å². The monoisotopic (exact) mass is 378 g/mol. The van der Waals surface area contributed by atoms with E-state index in [0.29, 0.717) is 16.0 Å². The summed E-state index contributed by atoms with van der Waals surface area (Å²) in [6, 6.07) is 2.81. The summed E-state index contributed by atoms with van der Waals surface area (Å²) >= 11 is 4.18. The van der Waals surface area contributed by atoms with Crippen molar-refractivity contribution in [1.29, 1.82) is 0 Å². The van der Waals surface area contributed by atoms with Gasteiger partial charge in [0.1, 0.15) is 16.5 Å². The van der Waals surface area contributed by atoms with Crippen LogP contribution < -0.4 is 15.2 Å². The van der Waals surface area contributed by atoms with E-state index in [1.165, 1.54) is 19.2 Å². The first-order valence-corrected chi connectivity index (χ1v) is 8.34. The molecular formula is C10H11BrN4O3S2. The van der Waals surface area contributed by atoms with Gasteiger partial charge in [-0.05, 0) is 35.0 Å². The van der Waals surface area contributed by atoms with E-state index in [0.717, 1.165) is 11.5 Å². The molecule has 1 aromatic heterocycles. The van der Waals surface area contributed by atoms with Gasteiger partial charge in [-0.15, -0.1) is 0 Å². The average molecular weight is 379 g/mol. The lowest BCUT2D eigenvalue weighted by atomic mass is 10.3. The van der Waals surface area contributed by atoms with Gasteiger partial charge in [-0.3, -0.25) is 4.72 Å². The molecule has 108 valence electrons. The Morgan fingerprint density at radius 3 is 2.70 bits per heavy atom. The molecule has 1 heterocycles. The fraction of sp³-hybridized carbons (Fsp3) is 0.200. The second-order valence-electron chi connectivity index (χ2n) is 3.78. The van der Waals surface area contributed by atoms with Crippen LogP contribution in [0.4, 0.5) is 10.8 Å². The molecule has 0 aliphatic rings. The number of anilines is 2. The van der Waals surface area contributed by atoms with Gasteiger partial charge in [0.05, 0.1) is 7.11 Å². The first kappa shape index (κ1) is 15.0. The quantitative estimate of drug-likeness (QED) is 0.787. The van der Waals surface area contributed by atoms with E-state index in [9.17, 15) is 8.42 Å². The number of rotatable bonds is 4. The molecule has 7 nitrogen and oxygen atoms in total. The van der Waals surface area contributed by atoms with E-state index in [1.54, 1.807) is 6.92 Å². The van der Waals surface area contributed by atoms with E-state index in [4.69, 9.17) is 10.5 Å². The molecule has 3 N–H and O–H groups in total. The number of aromatic nitrogens is 2. The van der Waals surface area contributed by atoms with Crippen molar-refractivity contribution >= 4 is 48.3 Å². The Bertz CT molecular complexity index is 745. The maximum absolute atomic E-state index is 12.3. The predicted molar refractivity (Wildman–Crippen MR) is 80.6 cm³/mol. The van der Waals surface area contributed by atoms with Gasteiger partial charge >= 0.3 is 0 Å². The molecule has 2 rings (SSSR count). The van der Waals surface area contributed by atoms with Gasteiger partial charge in [0.2, 0.25) is 5.13 Å². The standard InChI is InChI=1S/C10H11BrN4O3S2/c1-5-13-10(19-14-5)15-20(16,17)9-4-7(12)6(11)3-8(9)18-2/h3-4H,12H2,1-2H3,(H,13,14,15).